The molecule has 1 aliphatic rings. The summed E-state index contributed by atoms with van der Waals surface area (Å²) in [4.78, 5) is 12.1. The Morgan fingerprint density at radius 3 is 2.65 bits per heavy atom. The zero-order valence-electron chi connectivity index (χ0n) is 12.7. The van der Waals surface area contributed by atoms with Gasteiger partial charge in [-0.3, -0.25) is 4.79 Å². The molecule has 1 amide bonds. The third-order valence-corrected chi connectivity index (χ3v) is 4.77. The van der Waals surface area contributed by atoms with E-state index in [1.807, 2.05) is 12.1 Å². The second kappa shape index (κ2) is 6.30. The van der Waals surface area contributed by atoms with Gasteiger partial charge in [0.2, 0.25) is 5.91 Å². The topological polar surface area (TPSA) is 47.6 Å². The molecule has 0 unspecified atom stereocenters. The van der Waals surface area contributed by atoms with Crippen molar-refractivity contribution in [3.05, 3.63) is 51.5 Å². The van der Waals surface area contributed by atoms with E-state index in [2.05, 4.69) is 5.32 Å². The van der Waals surface area contributed by atoms with Crippen LogP contribution in [0.4, 0.5) is 5.69 Å². The average Bonchev–Trinajstić information content (AvgIpc) is 2.55. The first-order valence-corrected chi connectivity index (χ1v) is 7.80. The first kappa shape index (κ1) is 16.0. The molecule has 0 saturated heterocycles. The molecule has 3 rings (SSSR count). The predicted octanol–water partition coefficient (Wildman–Crippen LogP) is 4.48. The van der Waals surface area contributed by atoms with E-state index in [4.69, 9.17) is 32.7 Å². The largest absolute Gasteiger partial charge is 0.497 e. The maximum Gasteiger partial charge on any atom is 0.225 e. The number of carbonyl (C=O) groups is 1. The quantitative estimate of drug-likeness (QED) is 0.886. The number of ether oxygens (including phenoxy) is 2. The molecule has 0 aromatic heterocycles. The minimum atomic E-state index is -0.231. The highest BCUT2D eigenvalue weighted by Crippen LogP contribution is 2.47. The summed E-state index contributed by atoms with van der Waals surface area (Å²) in [5.74, 6) is 0.929. The van der Waals surface area contributed by atoms with Crippen molar-refractivity contribution in [3.63, 3.8) is 0 Å². The number of fused-ring (bicyclic) bond motifs is 1. The molecule has 120 valence electrons. The van der Waals surface area contributed by atoms with Crippen molar-refractivity contribution < 1.29 is 14.3 Å². The summed E-state index contributed by atoms with van der Waals surface area (Å²) >= 11 is 12.5. The van der Waals surface area contributed by atoms with Crippen LogP contribution in [0.25, 0.3) is 0 Å². The van der Waals surface area contributed by atoms with Crippen molar-refractivity contribution in [3.8, 4) is 11.5 Å². The van der Waals surface area contributed by atoms with Crippen LogP contribution in [-0.4, -0.2) is 20.1 Å². The first-order chi connectivity index (χ1) is 11.0. The van der Waals surface area contributed by atoms with Gasteiger partial charge in [-0.25, -0.2) is 0 Å². The van der Waals surface area contributed by atoms with Crippen molar-refractivity contribution in [1.82, 2.24) is 0 Å². The van der Waals surface area contributed by atoms with Crippen LogP contribution in [0.5, 0.6) is 11.5 Å². The molecule has 23 heavy (non-hydrogen) atoms. The fraction of sp³-hybridized carbons (Fsp3) is 0.235. The number of anilines is 1. The summed E-state index contributed by atoms with van der Waals surface area (Å²) in [7, 11) is 3.15. The monoisotopic (exact) mass is 351 g/mol. The van der Waals surface area contributed by atoms with Gasteiger partial charge in [0.25, 0.3) is 0 Å². The molecule has 4 nitrogen and oxygen atoms in total. The van der Waals surface area contributed by atoms with Crippen molar-refractivity contribution in [1.29, 1.82) is 0 Å². The fourth-order valence-corrected chi connectivity index (χ4v) is 3.33. The van der Waals surface area contributed by atoms with Crippen LogP contribution in [-0.2, 0) is 4.79 Å². The van der Waals surface area contributed by atoms with Crippen molar-refractivity contribution in [2.24, 2.45) is 0 Å². The second-order valence-electron chi connectivity index (χ2n) is 5.24. The van der Waals surface area contributed by atoms with E-state index in [9.17, 15) is 4.79 Å². The van der Waals surface area contributed by atoms with E-state index in [1.54, 1.807) is 32.4 Å². The molecule has 0 saturated carbocycles. The molecule has 1 atom stereocenters. The lowest BCUT2D eigenvalue weighted by atomic mass is 9.84. The number of benzene rings is 2. The van der Waals surface area contributed by atoms with Crippen LogP contribution in [0, 0.1) is 0 Å². The number of halogens is 2. The maximum atomic E-state index is 12.1. The van der Waals surface area contributed by atoms with Crippen LogP contribution in [0.3, 0.4) is 0 Å². The van der Waals surface area contributed by atoms with Gasteiger partial charge in [-0.2, -0.15) is 0 Å². The van der Waals surface area contributed by atoms with Gasteiger partial charge in [0.15, 0.2) is 0 Å². The Balaban J connectivity index is 2.22. The molecular weight excluding hydrogens is 337 g/mol. The van der Waals surface area contributed by atoms with E-state index in [1.165, 1.54) is 0 Å². The predicted molar refractivity (Wildman–Crippen MR) is 91.1 cm³/mol. The Kier molecular flexibility index (Phi) is 4.37. The van der Waals surface area contributed by atoms with E-state index in [0.29, 0.717) is 27.2 Å². The van der Waals surface area contributed by atoms with E-state index in [-0.39, 0.29) is 18.2 Å². The number of hydrogen-bond acceptors (Lipinski definition) is 3. The number of rotatable bonds is 3. The molecule has 1 heterocycles. The van der Waals surface area contributed by atoms with Crippen LogP contribution in [0.15, 0.2) is 30.3 Å². The first-order valence-electron chi connectivity index (χ1n) is 7.04. The standard InChI is InChI=1S/C17H15Cl2NO3/c1-22-9-6-13-16(14(7-9)23-2)11(8-15(21)20-13)10-4-3-5-12(18)17(10)19/h3-7,11H,8H2,1-2H3,(H,20,21)/t11-/m0/s1. The van der Waals surface area contributed by atoms with Gasteiger partial charge in [-0.1, -0.05) is 35.3 Å². The highest BCUT2D eigenvalue weighted by Gasteiger charge is 2.32. The van der Waals surface area contributed by atoms with Gasteiger partial charge in [0.1, 0.15) is 11.5 Å². The number of methoxy groups -OCH3 is 2. The van der Waals surface area contributed by atoms with Gasteiger partial charge in [-0.15, -0.1) is 0 Å². The lowest BCUT2D eigenvalue weighted by Gasteiger charge is -2.29. The fourth-order valence-electron chi connectivity index (χ4n) is 2.89. The molecular formula is C17H15Cl2NO3. The molecule has 0 bridgehead atoms. The highest BCUT2D eigenvalue weighted by atomic mass is 35.5. The van der Waals surface area contributed by atoms with E-state index in [0.717, 1.165) is 11.1 Å². The maximum absolute atomic E-state index is 12.1. The molecule has 6 heteroatoms. The van der Waals surface area contributed by atoms with Gasteiger partial charge >= 0.3 is 0 Å². The van der Waals surface area contributed by atoms with Crippen LogP contribution >= 0.6 is 23.2 Å². The zero-order valence-corrected chi connectivity index (χ0v) is 14.2. The minimum Gasteiger partial charge on any atom is -0.497 e. The molecule has 0 spiro atoms. The third-order valence-electron chi connectivity index (χ3n) is 3.94. The Labute approximate surface area is 144 Å². The van der Waals surface area contributed by atoms with Crippen LogP contribution in [0.2, 0.25) is 10.0 Å². The summed E-state index contributed by atoms with van der Waals surface area (Å²) in [5, 5.41) is 3.79. The van der Waals surface area contributed by atoms with E-state index >= 15 is 0 Å². The molecule has 0 aliphatic carbocycles. The summed E-state index contributed by atoms with van der Waals surface area (Å²) < 4.78 is 10.8. The van der Waals surface area contributed by atoms with Crippen molar-refractivity contribution in [2.45, 2.75) is 12.3 Å². The van der Waals surface area contributed by atoms with E-state index < -0.39 is 0 Å². The molecule has 0 radical (unpaired) electrons. The number of hydrogen-bond donors (Lipinski definition) is 1. The summed E-state index contributed by atoms with van der Waals surface area (Å²) in [6.07, 6.45) is 0.274. The molecule has 1 N–H and O–H groups in total. The van der Waals surface area contributed by atoms with Gasteiger partial charge in [0, 0.05) is 30.0 Å². The molecule has 0 fully saturated rings. The molecule has 2 aromatic carbocycles. The highest BCUT2D eigenvalue weighted by molar-refractivity contribution is 6.42. The lowest BCUT2D eigenvalue weighted by Crippen LogP contribution is -2.24. The third kappa shape index (κ3) is 2.84. The second-order valence-corrected chi connectivity index (χ2v) is 6.02. The van der Waals surface area contributed by atoms with Gasteiger partial charge < -0.3 is 14.8 Å². The number of amides is 1. The SMILES string of the molecule is COc1cc2c(c(OC)c1)[C@H](c1cccc(Cl)c1Cl)CC(=O)N2. The Morgan fingerprint density at radius 2 is 1.96 bits per heavy atom. The normalized spacial score (nSPS) is 16.5. The van der Waals surface area contributed by atoms with Crippen LogP contribution < -0.4 is 14.8 Å². The smallest absolute Gasteiger partial charge is 0.225 e. The molecule has 1 aliphatic heterocycles. The summed E-state index contributed by atoms with van der Waals surface area (Å²) in [6, 6.07) is 9.00. The van der Waals surface area contributed by atoms with Gasteiger partial charge in [0.05, 0.1) is 30.0 Å². The summed E-state index contributed by atoms with van der Waals surface area (Å²) in [6.45, 7) is 0. The van der Waals surface area contributed by atoms with Crippen molar-refractivity contribution in [2.75, 3.05) is 19.5 Å². The van der Waals surface area contributed by atoms with Crippen molar-refractivity contribution >= 4 is 34.8 Å². The number of nitrogens with one attached hydrogen (secondary N) is 1. The number of carbonyl (C=O) groups excluding carboxylic acids is 1. The zero-order chi connectivity index (χ0) is 16.6. The van der Waals surface area contributed by atoms with Gasteiger partial charge in [-0.05, 0) is 11.6 Å². The Hall–Kier alpha value is -1.91. The Morgan fingerprint density at radius 1 is 1.17 bits per heavy atom. The Bertz CT molecular complexity index is 777. The minimum absolute atomic E-state index is 0.0890. The lowest BCUT2D eigenvalue weighted by molar-refractivity contribution is -0.116. The average molecular weight is 352 g/mol. The summed E-state index contributed by atoms with van der Waals surface area (Å²) in [5.41, 5.74) is 2.34. The van der Waals surface area contributed by atoms with Crippen LogP contribution in [0.1, 0.15) is 23.5 Å². The molecule has 2 aromatic rings.